The number of aryl methyl sites for hydroxylation is 1. The summed E-state index contributed by atoms with van der Waals surface area (Å²) in [4.78, 5) is 30.8. The first-order chi connectivity index (χ1) is 10.9. The lowest BCUT2D eigenvalue weighted by atomic mass is 10.2. The second kappa shape index (κ2) is 7.54. The fourth-order valence-corrected chi connectivity index (χ4v) is 2.98. The van der Waals surface area contributed by atoms with Crippen LogP contribution in [0.1, 0.15) is 39.3 Å². The van der Waals surface area contributed by atoms with Gasteiger partial charge < -0.3 is 10.2 Å². The molecule has 0 aromatic carbocycles. The number of likely N-dealkylation sites (N-methyl/N-ethyl adjacent to an activating group) is 1. The highest BCUT2D eigenvalue weighted by Crippen LogP contribution is 2.20. The van der Waals surface area contributed by atoms with E-state index in [0.29, 0.717) is 10.1 Å². The van der Waals surface area contributed by atoms with Crippen LogP contribution in [0.5, 0.6) is 0 Å². The van der Waals surface area contributed by atoms with Crippen molar-refractivity contribution in [3.8, 4) is 0 Å². The van der Waals surface area contributed by atoms with Crippen molar-refractivity contribution in [3.05, 3.63) is 22.1 Å². The topological polar surface area (TPSA) is 79.6 Å². The van der Waals surface area contributed by atoms with E-state index in [4.69, 9.17) is 0 Å². The molecule has 1 unspecified atom stereocenters. The van der Waals surface area contributed by atoms with Gasteiger partial charge in [-0.2, -0.15) is 4.52 Å². The van der Waals surface area contributed by atoms with Gasteiger partial charge >= 0.3 is 0 Å². The molecule has 0 aliphatic carbocycles. The Kier molecular flexibility index (Phi) is 5.70. The molecule has 0 saturated heterocycles. The molecule has 0 spiro atoms. The van der Waals surface area contributed by atoms with E-state index in [0.717, 1.165) is 25.0 Å². The summed E-state index contributed by atoms with van der Waals surface area (Å²) in [6.45, 7) is 6.23. The van der Waals surface area contributed by atoms with Gasteiger partial charge in [0.25, 0.3) is 5.56 Å². The fourth-order valence-electron chi connectivity index (χ4n) is 2.09. The third kappa shape index (κ3) is 4.28. The van der Waals surface area contributed by atoms with Gasteiger partial charge in [-0.3, -0.25) is 9.59 Å². The number of aromatic nitrogens is 3. The van der Waals surface area contributed by atoms with E-state index in [9.17, 15) is 9.59 Å². The Hall–Kier alpha value is -1.96. The van der Waals surface area contributed by atoms with E-state index in [1.54, 1.807) is 11.9 Å². The summed E-state index contributed by atoms with van der Waals surface area (Å²) in [7, 11) is 1.78. The Morgan fingerprint density at radius 2 is 2.22 bits per heavy atom. The molecule has 0 radical (unpaired) electrons. The van der Waals surface area contributed by atoms with Crippen molar-refractivity contribution in [1.29, 1.82) is 0 Å². The zero-order chi connectivity index (χ0) is 17.0. The van der Waals surface area contributed by atoms with Crippen LogP contribution in [0.4, 0.5) is 5.13 Å². The molecule has 2 aromatic rings. The van der Waals surface area contributed by atoms with Crippen LogP contribution in [0.25, 0.3) is 4.96 Å². The molecule has 2 aromatic heterocycles. The SMILES string of the molecule is CCCc1cc(=O)n2nc(N(C)CC(=O)NC(C)CC)sc2n1. The van der Waals surface area contributed by atoms with Crippen LogP contribution < -0.4 is 15.8 Å². The van der Waals surface area contributed by atoms with Crippen LogP contribution in [0.3, 0.4) is 0 Å². The quantitative estimate of drug-likeness (QED) is 0.827. The Balaban J connectivity index is 2.18. The number of anilines is 1. The van der Waals surface area contributed by atoms with Crippen molar-refractivity contribution in [3.63, 3.8) is 0 Å². The third-order valence-corrected chi connectivity index (χ3v) is 4.54. The van der Waals surface area contributed by atoms with Crippen LogP contribution in [-0.2, 0) is 11.2 Å². The number of nitrogens with one attached hydrogen (secondary N) is 1. The van der Waals surface area contributed by atoms with Gasteiger partial charge in [-0.15, -0.1) is 5.10 Å². The first kappa shape index (κ1) is 17.4. The second-order valence-corrected chi connectivity index (χ2v) is 6.58. The van der Waals surface area contributed by atoms with Gasteiger partial charge in [-0.25, -0.2) is 4.98 Å². The number of hydrogen-bond donors (Lipinski definition) is 1. The molecule has 7 nitrogen and oxygen atoms in total. The highest BCUT2D eigenvalue weighted by Gasteiger charge is 2.15. The third-order valence-electron chi connectivity index (χ3n) is 3.52. The zero-order valence-electron chi connectivity index (χ0n) is 14.0. The number of carbonyl (C=O) groups is 1. The molecule has 2 rings (SSSR count). The van der Waals surface area contributed by atoms with Crippen molar-refractivity contribution >= 4 is 27.3 Å². The molecule has 1 atom stereocenters. The highest BCUT2D eigenvalue weighted by molar-refractivity contribution is 7.20. The van der Waals surface area contributed by atoms with E-state index in [1.807, 2.05) is 20.8 Å². The molecule has 1 N–H and O–H groups in total. The molecule has 1 amide bonds. The standard InChI is InChI=1S/C15H23N5O2S/c1-5-7-11-8-13(22)20-14(17-11)23-15(18-20)19(4)9-12(21)16-10(3)6-2/h8,10H,5-7,9H2,1-4H3,(H,16,21). The normalized spacial score (nSPS) is 12.3. The maximum Gasteiger partial charge on any atom is 0.275 e. The summed E-state index contributed by atoms with van der Waals surface area (Å²) >= 11 is 1.31. The summed E-state index contributed by atoms with van der Waals surface area (Å²) < 4.78 is 1.29. The number of rotatable bonds is 7. The maximum absolute atomic E-state index is 12.1. The molecule has 0 aliphatic heterocycles. The lowest BCUT2D eigenvalue weighted by molar-refractivity contribution is -0.120. The number of hydrogen-bond acceptors (Lipinski definition) is 6. The van der Waals surface area contributed by atoms with Crippen molar-refractivity contribution < 1.29 is 4.79 Å². The molecule has 0 fully saturated rings. The average Bonchev–Trinajstić information content (AvgIpc) is 2.92. The minimum absolute atomic E-state index is 0.0620. The Labute approximate surface area is 139 Å². The number of carbonyl (C=O) groups excluding carboxylic acids is 1. The molecular formula is C15H23N5O2S. The van der Waals surface area contributed by atoms with Gasteiger partial charge in [-0.05, 0) is 19.8 Å². The monoisotopic (exact) mass is 337 g/mol. The van der Waals surface area contributed by atoms with Crippen LogP contribution in [0, 0.1) is 0 Å². The summed E-state index contributed by atoms with van der Waals surface area (Å²) in [6, 6.07) is 1.67. The lowest BCUT2D eigenvalue weighted by Crippen LogP contribution is -2.39. The van der Waals surface area contributed by atoms with E-state index in [1.165, 1.54) is 21.9 Å². The van der Waals surface area contributed by atoms with Crippen molar-refractivity contribution in [2.24, 2.45) is 0 Å². The predicted molar refractivity (Wildman–Crippen MR) is 92.3 cm³/mol. The smallest absolute Gasteiger partial charge is 0.275 e. The summed E-state index contributed by atoms with van der Waals surface area (Å²) in [5.41, 5.74) is 0.600. The van der Waals surface area contributed by atoms with Crippen LogP contribution in [0.15, 0.2) is 10.9 Å². The molecular weight excluding hydrogens is 314 g/mol. The molecule has 0 aliphatic rings. The Morgan fingerprint density at radius 3 is 2.87 bits per heavy atom. The van der Waals surface area contributed by atoms with Gasteiger partial charge in [0.1, 0.15) is 0 Å². The van der Waals surface area contributed by atoms with E-state index in [2.05, 4.69) is 15.4 Å². The second-order valence-electron chi connectivity index (χ2n) is 5.65. The van der Waals surface area contributed by atoms with Gasteiger partial charge in [0, 0.05) is 24.8 Å². The highest BCUT2D eigenvalue weighted by atomic mass is 32.1. The van der Waals surface area contributed by atoms with Crippen molar-refractivity contribution in [2.45, 2.75) is 46.1 Å². The number of fused-ring (bicyclic) bond motifs is 1. The number of nitrogens with zero attached hydrogens (tertiary/aromatic N) is 4. The van der Waals surface area contributed by atoms with Gasteiger partial charge in [0.2, 0.25) is 16.0 Å². The summed E-state index contributed by atoms with van der Waals surface area (Å²) in [6.07, 6.45) is 2.59. The molecule has 0 saturated carbocycles. The fraction of sp³-hybridized carbons (Fsp3) is 0.600. The molecule has 8 heteroatoms. The predicted octanol–water partition coefficient (Wildman–Crippen LogP) is 1.45. The van der Waals surface area contributed by atoms with Crippen LogP contribution in [-0.4, -0.2) is 40.1 Å². The Morgan fingerprint density at radius 1 is 1.48 bits per heavy atom. The van der Waals surface area contributed by atoms with Gasteiger partial charge in [0.15, 0.2) is 0 Å². The molecule has 2 heterocycles. The van der Waals surface area contributed by atoms with Crippen LogP contribution >= 0.6 is 11.3 Å². The van der Waals surface area contributed by atoms with Gasteiger partial charge in [0.05, 0.1) is 6.54 Å². The first-order valence-electron chi connectivity index (χ1n) is 7.84. The number of amides is 1. The minimum Gasteiger partial charge on any atom is -0.352 e. The van der Waals surface area contributed by atoms with E-state index < -0.39 is 0 Å². The largest absolute Gasteiger partial charge is 0.352 e. The molecule has 23 heavy (non-hydrogen) atoms. The first-order valence-corrected chi connectivity index (χ1v) is 8.66. The average molecular weight is 337 g/mol. The van der Waals surface area contributed by atoms with Crippen LogP contribution in [0.2, 0.25) is 0 Å². The van der Waals surface area contributed by atoms with Gasteiger partial charge in [-0.1, -0.05) is 31.6 Å². The van der Waals surface area contributed by atoms with E-state index >= 15 is 0 Å². The maximum atomic E-state index is 12.1. The van der Waals surface area contributed by atoms with E-state index in [-0.39, 0.29) is 24.1 Å². The lowest BCUT2D eigenvalue weighted by Gasteiger charge is -2.17. The summed E-state index contributed by atoms with van der Waals surface area (Å²) in [5, 5.41) is 7.78. The Bertz CT molecular complexity index is 739. The minimum atomic E-state index is -0.182. The van der Waals surface area contributed by atoms with Crippen molar-refractivity contribution in [2.75, 3.05) is 18.5 Å². The summed E-state index contributed by atoms with van der Waals surface area (Å²) in [5.74, 6) is -0.0620. The zero-order valence-corrected chi connectivity index (χ0v) is 14.8. The molecule has 126 valence electrons. The van der Waals surface area contributed by atoms with Crippen molar-refractivity contribution in [1.82, 2.24) is 19.9 Å². The molecule has 0 bridgehead atoms.